The number of aliphatic hydroxyl groups excluding tert-OH is 1. The molecule has 0 aromatic rings. The topological polar surface area (TPSA) is 72.2 Å². The van der Waals surface area contributed by atoms with Gasteiger partial charge in [-0.25, -0.2) is 0 Å². The minimum absolute atomic E-state index is 0.0565. The summed E-state index contributed by atoms with van der Waals surface area (Å²) in [5, 5.41) is 12.6. The summed E-state index contributed by atoms with van der Waals surface area (Å²) < 4.78 is 0. The highest BCUT2D eigenvalue weighted by molar-refractivity contribution is 4.85. The first-order valence-electron chi connectivity index (χ1n) is 4.65. The molecule has 74 valence electrons. The fourth-order valence-corrected chi connectivity index (χ4v) is 1.89. The average molecular weight is 184 g/mol. The van der Waals surface area contributed by atoms with Crippen molar-refractivity contribution in [3.63, 3.8) is 0 Å². The average Bonchev–Trinajstić information content (AvgIpc) is 2.16. The first-order valence-corrected chi connectivity index (χ1v) is 4.65. The number of rotatable bonds is 3. The van der Waals surface area contributed by atoms with E-state index in [0.717, 1.165) is 19.4 Å². The van der Waals surface area contributed by atoms with Crippen molar-refractivity contribution in [1.29, 1.82) is 0 Å². The Labute approximate surface area is 78.0 Å². The molecule has 1 heterocycles. The van der Waals surface area contributed by atoms with Gasteiger partial charge in [-0.15, -0.1) is 0 Å². The van der Waals surface area contributed by atoms with E-state index in [0.29, 0.717) is 0 Å². The van der Waals surface area contributed by atoms with Crippen LogP contribution in [0.15, 0.2) is 5.11 Å². The third-order valence-electron chi connectivity index (χ3n) is 2.66. The summed E-state index contributed by atoms with van der Waals surface area (Å²) in [5.74, 6) is 0. The molecular weight excluding hydrogens is 168 g/mol. The molecule has 0 radical (unpaired) electrons. The predicted molar refractivity (Wildman–Crippen MR) is 50.3 cm³/mol. The molecule has 0 aromatic carbocycles. The Balaban J connectivity index is 2.59. The molecular formula is C8H16N4O. The number of likely N-dealkylation sites (tertiary alicyclic amines) is 1. The third kappa shape index (κ3) is 2.59. The fourth-order valence-electron chi connectivity index (χ4n) is 1.89. The monoisotopic (exact) mass is 184 g/mol. The van der Waals surface area contributed by atoms with Crippen LogP contribution in [0.5, 0.6) is 0 Å². The minimum Gasteiger partial charge on any atom is -0.396 e. The lowest BCUT2D eigenvalue weighted by molar-refractivity contribution is 0.125. The third-order valence-corrected chi connectivity index (χ3v) is 2.66. The lowest BCUT2D eigenvalue weighted by atomic mass is 9.97. The summed E-state index contributed by atoms with van der Waals surface area (Å²) in [4.78, 5) is 4.92. The first kappa shape index (κ1) is 10.3. The van der Waals surface area contributed by atoms with Gasteiger partial charge in [0.2, 0.25) is 0 Å². The molecule has 5 heteroatoms. The summed E-state index contributed by atoms with van der Waals surface area (Å²) in [6.45, 7) is 0.973. The van der Waals surface area contributed by atoms with Crippen LogP contribution in [0, 0.1) is 0 Å². The lowest BCUT2D eigenvalue weighted by Gasteiger charge is -2.35. The number of hydrogen-bond acceptors (Lipinski definition) is 3. The minimum atomic E-state index is -0.282. The van der Waals surface area contributed by atoms with Crippen molar-refractivity contribution < 1.29 is 5.11 Å². The Morgan fingerprint density at radius 1 is 1.69 bits per heavy atom. The maximum atomic E-state index is 9.04. The van der Waals surface area contributed by atoms with Crippen molar-refractivity contribution in [2.24, 2.45) is 5.11 Å². The van der Waals surface area contributed by atoms with Crippen molar-refractivity contribution >= 4 is 0 Å². The maximum absolute atomic E-state index is 9.04. The quantitative estimate of drug-likeness (QED) is 0.406. The zero-order chi connectivity index (χ0) is 9.68. The van der Waals surface area contributed by atoms with Gasteiger partial charge in [0.05, 0.1) is 12.6 Å². The highest BCUT2D eigenvalue weighted by Gasteiger charge is 2.25. The van der Waals surface area contributed by atoms with E-state index in [9.17, 15) is 0 Å². The van der Waals surface area contributed by atoms with E-state index < -0.39 is 0 Å². The van der Waals surface area contributed by atoms with Crippen LogP contribution < -0.4 is 0 Å². The zero-order valence-corrected chi connectivity index (χ0v) is 7.93. The summed E-state index contributed by atoms with van der Waals surface area (Å²) >= 11 is 0. The van der Waals surface area contributed by atoms with Gasteiger partial charge >= 0.3 is 0 Å². The Morgan fingerprint density at radius 2 is 2.46 bits per heavy atom. The van der Waals surface area contributed by atoms with Crippen LogP contribution in [0.2, 0.25) is 0 Å². The van der Waals surface area contributed by atoms with Crippen LogP contribution >= 0.6 is 0 Å². The van der Waals surface area contributed by atoms with Gasteiger partial charge in [0, 0.05) is 11.0 Å². The molecule has 2 unspecified atom stereocenters. The van der Waals surface area contributed by atoms with Gasteiger partial charge in [-0.1, -0.05) is 11.5 Å². The van der Waals surface area contributed by atoms with E-state index in [1.54, 1.807) is 0 Å². The normalized spacial score (nSPS) is 26.5. The standard InChI is InChI=1S/C8H16N4O/c1-12-5-3-2-4-8(12)7(6-13)10-11-9/h7-8,13H,2-6H2,1H3. The van der Waals surface area contributed by atoms with Gasteiger partial charge in [0.15, 0.2) is 0 Å². The molecule has 0 aliphatic carbocycles. The highest BCUT2D eigenvalue weighted by atomic mass is 16.3. The van der Waals surface area contributed by atoms with E-state index in [1.807, 2.05) is 7.05 Å². The molecule has 1 aliphatic heterocycles. The molecule has 2 atom stereocenters. The van der Waals surface area contributed by atoms with Crippen LogP contribution in [0.4, 0.5) is 0 Å². The first-order chi connectivity index (χ1) is 6.29. The van der Waals surface area contributed by atoms with Gasteiger partial charge in [-0.3, -0.25) is 0 Å². The molecule has 1 aliphatic rings. The Morgan fingerprint density at radius 3 is 3.00 bits per heavy atom. The zero-order valence-electron chi connectivity index (χ0n) is 7.93. The lowest BCUT2D eigenvalue weighted by Crippen LogP contribution is -2.44. The molecule has 1 fully saturated rings. The van der Waals surface area contributed by atoms with Gasteiger partial charge in [-0.05, 0) is 32.0 Å². The SMILES string of the molecule is CN1CCCCC1C(CO)N=[N+]=[N-]. The second-order valence-corrected chi connectivity index (χ2v) is 3.50. The summed E-state index contributed by atoms with van der Waals surface area (Å²) in [7, 11) is 2.01. The van der Waals surface area contributed by atoms with Gasteiger partial charge < -0.3 is 10.0 Å². The number of aliphatic hydroxyl groups is 1. The molecule has 1 rings (SSSR count). The molecule has 0 amide bonds. The van der Waals surface area contributed by atoms with Crippen LogP contribution in [-0.4, -0.2) is 42.3 Å². The number of azide groups is 1. The van der Waals surface area contributed by atoms with E-state index in [2.05, 4.69) is 14.9 Å². The number of hydrogen-bond donors (Lipinski definition) is 1. The molecule has 0 saturated carbocycles. The fraction of sp³-hybridized carbons (Fsp3) is 1.00. The van der Waals surface area contributed by atoms with Crippen LogP contribution in [0.3, 0.4) is 0 Å². The van der Waals surface area contributed by atoms with Crippen LogP contribution in [0.1, 0.15) is 19.3 Å². The summed E-state index contributed by atoms with van der Waals surface area (Å²) in [5.41, 5.74) is 8.31. The van der Waals surface area contributed by atoms with Crippen molar-refractivity contribution in [2.45, 2.75) is 31.3 Å². The number of nitrogens with zero attached hydrogens (tertiary/aromatic N) is 4. The Kier molecular flexibility index (Phi) is 4.02. The van der Waals surface area contributed by atoms with Gasteiger partial charge in [0.25, 0.3) is 0 Å². The molecule has 0 bridgehead atoms. The second kappa shape index (κ2) is 5.07. The van der Waals surface area contributed by atoms with E-state index in [4.69, 9.17) is 10.6 Å². The Bertz CT molecular complexity index is 202. The largest absolute Gasteiger partial charge is 0.396 e. The van der Waals surface area contributed by atoms with E-state index in [1.165, 1.54) is 6.42 Å². The molecule has 5 nitrogen and oxygen atoms in total. The van der Waals surface area contributed by atoms with Crippen LogP contribution in [0.25, 0.3) is 10.4 Å². The molecule has 13 heavy (non-hydrogen) atoms. The van der Waals surface area contributed by atoms with Crippen LogP contribution in [-0.2, 0) is 0 Å². The Hall–Kier alpha value is -0.770. The predicted octanol–water partition coefficient (Wildman–Crippen LogP) is 1.14. The van der Waals surface area contributed by atoms with Gasteiger partial charge in [0.1, 0.15) is 0 Å². The summed E-state index contributed by atoms with van der Waals surface area (Å²) in [6, 6.07) is -0.0649. The summed E-state index contributed by atoms with van der Waals surface area (Å²) in [6.07, 6.45) is 3.37. The second-order valence-electron chi connectivity index (χ2n) is 3.50. The van der Waals surface area contributed by atoms with Gasteiger partial charge in [-0.2, -0.15) is 0 Å². The maximum Gasteiger partial charge on any atom is 0.0760 e. The number of likely N-dealkylation sites (N-methyl/N-ethyl adjacent to an activating group) is 1. The smallest absolute Gasteiger partial charge is 0.0760 e. The van der Waals surface area contributed by atoms with E-state index in [-0.39, 0.29) is 18.7 Å². The molecule has 1 N–H and O–H groups in total. The van der Waals surface area contributed by atoms with Crippen molar-refractivity contribution in [1.82, 2.24) is 4.90 Å². The number of piperidine rings is 1. The highest BCUT2D eigenvalue weighted by Crippen LogP contribution is 2.19. The molecule has 1 saturated heterocycles. The van der Waals surface area contributed by atoms with Crippen molar-refractivity contribution in [3.8, 4) is 0 Å². The van der Waals surface area contributed by atoms with Crippen molar-refractivity contribution in [2.75, 3.05) is 20.2 Å². The molecule has 0 aromatic heterocycles. The molecule has 0 spiro atoms. The van der Waals surface area contributed by atoms with Crippen molar-refractivity contribution in [3.05, 3.63) is 10.4 Å². The van der Waals surface area contributed by atoms with E-state index >= 15 is 0 Å².